The smallest absolute Gasteiger partial charge is 0.210 e. The number of aromatic hydroxyl groups is 1. The van der Waals surface area contributed by atoms with E-state index in [9.17, 15) is 20.0 Å². The summed E-state index contributed by atoms with van der Waals surface area (Å²) in [5.41, 5.74) is 0.455. The average molecular weight is 217 g/mol. The van der Waals surface area contributed by atoms with Crippen molar-refractivity contribution >= 4 is 7.94 Å². The molecule has 0 aliphatic heterocycles. The minimum absolute atomic E-state index is 0.217. The first kappa shape index (κ1) is 11.4. The van der Waals surface area contributed by atoms with Crippen molar-refractivity contribution in [2.24, 2.45) is 0 Å². The van der Waals surface area contributed by atoms with Crippen molar-refractivity contribution in [3.05, 3.63) is 29.3 Å². The maximum atomic E-state index is 10.6. The van der Waals surface area contributed by atoms with E-state index in [4.69, 9.17) is 4.89 Å². The van der Waals surface area contributed by atoms with Crippen LogP contribution in [0.15, 0.2) is 18.2 Å². The van der Waals surface area contributed by atoms with Gasteiger partial charge in [0.15, 0.2) is 0 Å². The number of benzene rings is 1. The Hall–Kier alpha value is -0.710. The molecule has 1 atom stereocenters. The van der Waals surface area contributed by atoms with Gasteiger partial charge in [0.25, 0.3) is 0 Å². The van der Waals surface area contributed by atoms with Gasteiger partial charge in [0, 0.05) is 0 Å². The van der Waals surface area contributed by atoms with Crippen molar-refractivity contribution in [3.63, 3.8) is 0 Å². The molecule has 0 saturated carbocycles. The van der Waals surface area contributed by atoms with Gasteiger partial charge in [0.05, 0.1) is 13.5 Å². The van der Waals surface area contributed by atoms with Crippen molar-refractivity contribution in [1.82, 2.24) is 0 Å². The number of rotatable bonds is 2. The van der Waals surface area contributed by atoms with Crippen molar-refractivity contribution in [2.45, 2.75) is 12.8 Å². The topological polar surface area (TPSA) is 107 Å². The second kappa shape index (κ2) is 3.81. The Bertz CT molecular complexity index is 333. The third kappa shape index (κ3) is 2.41. The third-order valence-corrected chi connectivity index (χ3v) is 2.67. The molecule has 0 amide bonds. The number of aliphatic hydroxyl groups excluding tert-OH is 1. The van der Waals surface area contributed by atoms with Gasteiger partial charge in [-0.25, -0.2) is 0 Å². The van der Waals surface area contributed by atoms with E-state index in [0.717, 1.165) is 0 Å². The van der Waals surface area contributed by atoms with Crippen LogP contribution in [-0.2, 0) is 0 Å². The number of aryl methyl sites for hydroxylation is 1. The van der Waals surface area contributed by atoms with E-state index in [1.807, 2.05) is 0 Å². The van der Waals surface area contributed by atoms with Crippen molar-refractivity contribution in [3.8, 4) is 5.75 Å². The second-order valence-electron chi connectivity index (χ2n) is 3.00. The van der Waals surface area contributed by atoms with Crippen LogP contribution in [0.1, 0.15) is 17.0 Å². The van der Waals surface area contributed by atoms with Crippen LogP contribution in [0, 0.1) is 6.92 Å². The molecule has 0 aliphatic rings. The molecule has 6 heteroatoms. The molecule has 0 aliphatic carbocycles. The summed E-state index contributed by atoms with van der Waals surface area (Å²) in [4.78, 5) is 29.8. The first-order valence-corrected chi connectivity index (χ1v) is 5.48. The third-order valence-electron chi connectivity index (χ3n) is 1.77. The number of phenolic OH excluding ortho intramolecular Hbond substituents is 1. The summed E-state index contributed by atoms with van der Waals surface area (Å²) in [6, 6.07) is 4.10. The molecule has 5 nitrogen and oxygen atoms in total. The number of phenols is 1. The lowest BCUT2D eigenvalue weighted by Gasteiger charge is -2.32. The fourth-order valence-corrected chi connectivity index (χ4v) is 1.61. The highest BCUT2D eigenvalue weighted by molar-refractivity contribution is 7.55. The number of aliphatic hydroxyl groups is 1. The Balaban J connectivity index is 3.12. The van der Waals surface area contributed by atoms with Crippen molar-refractivity contribution < 1.29 is 24.9 Å². The lowest BCUT2D eigenvalue weighted by atomic mass is 10.1. The summed E-state index contributed by atoms with van der Waals surface area (Å²) in [6.07, 6.45) is 0. The van der Waals surface area contributed by atoms with Crippen molar-refractivity contribution in [1.29, 1.82) is 0 Å². The highest BCUT2D eigenvalue weighted by Crippen LogP contribution is 2.51. The molecule has 14 heavy (non-hydrogen) atoms. The SMILES string of the molecule is Cc1ccc(O)c(C(O)[P+]([O-])([O-])O)c1. The van der Waals surface area contributed by atoms with E-state index >= 15 is 0 Å². The lowest BCUT2D eigenvalue weighted by Crippen LogP contribution is -2.27. The van der Waals surface area contributed by atoms with Crippen LogP contribution in [0.2, 0.25) is 0 Å². The molecule has 1 rings (SSSR count). The van der Waals surface area contributed by atoms with Gasteiger partial charge >= 0.3 is 0 Å². The molecule has 3 N–H and O–H groups in total. The summed E-state index contributed by atoms with van der Waals surface area (Å²) < 4.78 is 0. The Kier molecular flexibility index (Phi) is 3.09. The van der Waals surface area contributed by atoms with Crippen LogP contribution < -0.4 is 9.79 Å². The predicted octanol–water partition coefficient (Wildman–Crippen LogP) is -0.833. The highest BCUT2D eigenvalue weighted by atomic mass is 31.2. The van der Waals surface area contributed by atoms with Crippen LogP contribution >= 0.6 is 7.94 Å². The molecular formula is C8H10O5P-. The lowest BCUT2D eigenvalue weighted by molar-refractivity contribution is -0.341. The zero-order valence-electron chi connectivity index (χ0n) is 7.41. The fraction of sp³-hybridized carbons (Fsp3) is 0.250. The van der Waals surface area contributed by atoms with Gasteiger partial charge in [0.1, 0.15) is 5.75 Å². The predicted molar refractivity (Wildman–Crippen MR) is 46.9 cm³/mol. The maximum absolute atomic E-state index is 10.6. The molecule has 0 fully saturated rings. The van der Waals surface area contributed by atoms with Gasteiger partial charge < -0.3 is 20.0 Å². The van der Waals surface area contributed by atoms with Gasteiger partial charge in [-0.1, -0.05) is 11.6 Å². The van der Waals surface area contributed by atoms with E-state index in [0.29, 0.717) is 5.56 Å². The molecule has 1 aromatic carbocycles. The molecule has 0 bridgehead atoms. The molecule has 0 radical (unpaired) electrons. The van der Waals surface area contributed by atoms with Gasteiger partial charge in [-0.3, -0.25) is 4.89 Å². The molecule has 1 unspecified atom stereocenters. The minimum Gasteiger partial charge on any atom is -0.657 e. The number of hydrogen-bond acceptors (Lipinski definition) is 5. The minimum atomic E-state index is -4.88. The molecule has 78 valence electrons. The Labute approximate surface area is 81.5 Å². The van der Waals surface area contributed by atoms with Crippen LogP contribution in [0.4, 0.5) is 0 Å². The van der Waals surface area contributed by atoms with Gasteiger partial charge in [-0.15, -0.1) is 0 Å². The Morgan fingerprint density at radius 3 is 2.43 bits per heavy atom. The molecule has 0 spiro atoms. The highest BCUT2D eigenvalue weighted by Gasteiger charge is 2.26. The van der Waals surface area contributed by atoms with Crippen molar-refractivity contribution in [2.75, 3.05) is 0 Å². The Morgan fingerprint density at radius 1 is 1.36 bits per heavy atom. The quantitative estimate of drug-likeness (QED) is 0.560. The van der Waals surface area contributed by atoms with Crippen LogP contribution in [0.25, 0.3) is 0 Å². The normalized spacial score (nSPS) is 14.1. The molecule has 1 aromatic rings. The molecule has 0 heterocycles. The van der Waals surface area contributed by atoms with E-state index in [-0.39, 0.29) is 11.3 Å². The van der Waals surface area contributed by atoms with E-state index in [1.165, 1.54) is 12.1 Å². The summed E-state index contributed by atoms with van der Waals surface area (Å²) in [6.45, 7) is 1.67. The first-order chi connectivity index (χ1) is 6.32. The molecular weight excluding hydrogens is 207 g/mol. The summed E-state index contributed by atoms with van der Waals surface area (Å²) in [5.74, 6) is -2.45. The largest absolute Gasteiger partial charge is 0.657 e. The van der Waals surface area contributed by atoms with Gasteiger partial charge in [-0.2, -0.15) is 0 Å². The number of hydrogen-bond donors (Lipinski definition) is 3. The van der Waals surface area contributed by atoms with Crippen LogP contribution in [0.3, 0.4) is 0 Å². The standard InChI is InChI=1S/C8H11O5P/c1-5-2-3-7(9)6(4-5)8(10)14(11,12)13/h2-4,8-10H,1H3,(H2,11,12,13)/p-1. The first-order valence-electron chi connectivity index (χ1n) is 3.83. The maximum Gasteiger partial charge on any atom is 0.210 e. The summed E-state index contributed by atoms with van der Waals surface area (Å²) in [7, 11) is -4.88. The monoisotopic (exact) mass is 217 g/mol. The molecule has 0 aromatic heterocycles. The van der Waals surface area contributed by atoms with E-state index < -0.39 is 13.8 Å². The van der Waals surface area contributed by atoms with E-state index in [1.54, 1.807) is 13.0 Å². The zero-order chi connectivity index (χ0) is 10.9. The Morgan fingerprint density at radius 2 is 1.93 bits per heavy atom. The second-order valence-corrected chi connectivity index (χ2v) is 4.62. The zero-order valence-corrected chi connectivity index (χ0v) is 8.31. The van der Waals surface area contributed by atoms with Gasteiger partial charge in [-0.05, 0) is 19.1 Å². The average Bonchev–Trinajstić information content (AvgIpc) is 2.06. The summed E-state index contributed by atoms with van der Waals surface area (Å²) >= 11 is 0. The molecule has 0 saturated heterocycles. The summed E-state index contributed by atoms with van der Waals surface area (Å²) in [5, 5.41) is 18.4. The van der Waals surface area contributed by atoms with Crippen LogP contribution in [0.5, 0.6) is 5.75 Å². The van der Waals surface area contributed by atoms with Crippen LogP contribution in [-0.4, -0.2) is 15.1 Å². The van der Waals surface area contributed by atoms with Gasteiger partial charge in [0.2, 0.25) is 5.85 Å². The van der Waals surface area contributed by atoms with E-state index in [2.05, 4.69) is 0 Å². The fourth-order valence-electron chi connectivity index (χ4n) is 1.06.